The van der Waals surface area contributed by atoms with Crippen molar-refractivity contribution in [3.05, 3.63) is 0 Å². The lowest BCUT2D eigenvalue weighted by atomic mass is 9.96. The molecule has 30 heavy (non-hydrogen) atoms. The van der Waals surface area contributed by atoms with Crippen LogP contribution in [0.25, 0.3) is 0 Å². The highest BCUT2D eigenvalue weighted by Gasteiger charge is 2.34. The molecule has 0 aromatic rings. The van der Waals surface area contributed by atoms with Crippen molar-refractivity contribution in [2.75, 3.05) is 6.61 Å². The summed E-state index contributed by atoms with van der Waals surface area (Å²) >= 11 is 0. The predicted molar refractivity (Wildman–Crippen MR) is 109 cm³/mol. The van der Waals surface area contributed by atoms with Gasteiger partial charge in [0.15, 0.2) is 0 Å². The Kier molecular flexibility index (Phi) is 12.2. The zero-order valence-electron chi connectivity index (χ0n) is 18.2. The Bertz CT molecular complexity index is 597. The van der Waals surface area contributed by atoms with Crippen molar-refractivity contribution in [3.8, 4) is 0 Å². The lowest BCUT2D eigenvalue weighted by molar-refractivity contribution is -0.143. The molecule has 0 aliphatic heterocycles. The highest BCUT2D eigenvalue weighted by atomic mass is 16.4. The van der Waals surface area contributed by atoms with Crippen LogP contribution < -0.4 is 21.7 Å². The number of carboxylic acids is 1. The van der Waals surface area contributed by atoms with E-state index in [-0.39, 0.29) is 18.3 Å². The summed E-state index contributed by atoms with van der Waals surface area (Å²) in [6, 6.07) is -4.89. The van der Waals surface area contributed by atoms with Crippen molar-refractivity contribution in [2.45, 2.75) is 77.7 Å². The van der Waals surface area contributed by atoms with Crippen LogP contribution >= 0.6 is 0 Å². The van der Waals surface area contributed by atoms with Crippen molar-refractivity contribution < 1.29 is 34.5 Å². The van der Waals surface area contributed by atoms with Gasteiger partial charge in [0.25, 0.3) is 0 Å². The largest absolute Gasteiger partial charge is 0.480 e. The van der Waals surface area contributed by atoms with Gasteiger partial charge in [-0.1, -0.05) is 34.1 Å². The molecule has 0 aromatic heterocycles. The monoisotopic (exact) mass is 432 g/mol. The lowest BCUT2D eigenvalue weighted by Gasteiger charge is -2.29. The summed E-state index contributed by atoms with van der Waals surface area (Å²) in [5, 5.41) is 35.4. The Balaban J connectivity index is 5.46. The highest BCUT2D eigenvalue weighted by Crippen LogP contribution is 2.11. The van der Waals surface area contributed by atoms with Crippen LogP contribution in [0.4, 0.5) is 0 Å². The maximum Gasteiger partial charge on any atom is 0.326 e. The Morgan fingerprint density at radius 3 is 1.80 bits per heavy atom. The fourth-order valence-corrected chi connectivity index (χ4v) is 2.65. The van der Waals surface area contributed by atoms with Crippen molar-refractivity contribution in [3.63, 3.8) is 0 Å². The number of hydrogen-bond acceptors (Lipinski definition) is 7. The summed E-state index contributed by atoms with van der Waals surface area (Å²) in [6.45, 7) is 7.78. The molecule has 0 radical (unpaired) electrons. The molecule has 0 aliphatic rings. The molecule has 0 heterocycles. The first kappa shape index (κ1) is 27.8. The number of hydrogen-bond donors (Lipinski definition) is 7. The minimum atomic E-state index is -1.42. The summed E-state index contributed by atoms with van der Waals surface area (Å²) in [5.41, 5.74) is 5.41. The van der Waals surface area contributed by atoms with E-state index in [1.54, 1.807) is 13.8 Å². The Labute approximate surface area is 176 Å². The van der Waals surface area contributed by atoms with E-state index in [0.717, 1.165) is 0 Å². The second-order valence-electron chi connectivity index (χ2n) is 7.92. The van der Waals surface area contributed by atoms with Crippen LogP contribution in [0.5, 0.6) is 0 Å². The summed E-state index contributed by atoms with van der Waals surface area (Å²) in [5.74, 6) is -3.86. The molecular formula is C19H36N4O7. The molecule has 0 rings (SSSR count). The smallest absolute Gasteiger partial charge is 0.326 e. The SMILES string of the molecule is CCC(C)C(NC(=O)C(NC(=O)C(N)CO)C(C)O)C(=O)NC(CC(C)C)C(=O)O. The molecule has 6 unspecified atom stereocenters. The number of carboxylic acid groups (broad SMARTS) is 1. The van der Waals surface area contributed by atoms with Crippen LogP contribution in [-0.2, 0) is 19.2 Å². The van der Waals surface area contributed by atoms with Gasteiger partial charge in [0.05, 0.1) is 12.7 Å². The quantitative estimate of drug-likeness (QED) is 0.179. The zero-order chi connectivity index (χ0) is 23.6. The third-order valence-electron chi connectivity index (χ3n) is 4.71. The summed E-state index contributed by atoms with van der Waals surface area (Å²) < 4.78 is 0. The summed E-state index contributed by atoms with van der Waals surface area (Å²) in [6.07, 6.45) is -0.595. The standard InChI is InChI=1S/C19H36N4O7/c1-6-10(4)14(17(27)21-13(19(29)30)7-9(2)3)22-18(28)15(11(5)25)23-16(26)12(20)8-24/h9-15,24-25H,6-8,20H2,1-5H3,(H,21,27)(H,22,28)(H,23,26)(H,29,30). The van der Waals surface area contributed by atoms with Gasteiger partial charge in [-0.05, 0) is 25.2 Å². The molecule has 0 spiro atoms. The highest BCUT2D eigenvalue weighted by molar-refractivity contribution is 5.94. The third-order valence-corrected chi connectivity index (χ3v) is 4.71. The number of carbonyl (C=O) groups is 4. The van der Waals surface area contributed by atoms with Crippen LogP contribution in [0.2, 0.25) is 0 Å². The van der Waals surface area contributed by atoms with Gasteiger partial charge in [-0.25, -0.2) is 4.79 Å². The first-order chi connectivity index (χ1) is 13.8. The first-order valence-corrected chi connectivity index (χ1v) is 10.0. The number of rotatable bonds is 13. The second kappa shape index (κ2) is 13.1. The molecule has 11 nitrogen and oxygen atoms in total. The molecule has 0 fully saturated rings. The molecule has 3 amide bonds. The molecule has 0 aromatic carbocycles. The van der Waals surface area contributed by atoms with Crippen molar-refractivity contribution in [1.82, 2.24) is 16.0 Å². The molecule has 8 N–H and O–H groups in total. The van der Waals surface area contributed by atoms with Crippen molar-refractivity contribution >= 4 is 23.7 Å². The number of aliphatic carboxylic acids is 1. The maximum absolute atomic E-state index is 12.8. The zero-order valence-corrected chi connectivity index (χ0v) is 18.2. The number of carbonyl (C=O) groups excluding carboxylic acids is 3. The number of aliphatic hydroxyl groups excluding tert-OH is 2. The van der Waals surface area contributed by atoms with Gasteiger partial charge >= 0.3 is 5.97 Å². The van der Waals surface area contributed by atoms with Gasteiger partial charge in [0.1, 0.15) is 24.2 Å². The summed E-state index contributed by atoms with van der Waals surface area (Å²) in [4.78, 5) is 48.8. The van der Waals surface area contributed by atoms with Gasteiger partial charge in [0.2, 0.25) is 17.7 Å². The summed E-state index contributed by atoms with van der Waals surface area (Å²) in [7, 11) is 0. The van der Waals surface area contributed by atoms with Crippen molar-refractivity contribution in [2.24, 2.45) is 17.6 Å². The van der Waals surface area contributed by atoms with E-state index in [1.807, 2.05) is 13.8 Å². The lowest BCUT2D eigenvalue weighted by Crippen LogP contribution is -2.61. The van der Waals surface area contributed by atoms with Crippen LogP contribution in [0.1, 0.15) is 47.5 Å². The maximum atomic E-state index is 12.8. The number of nitrogens with one attached hydrogen (secondary N) is 3. The van der Waals surface area contributed by atoms with E-state index in [4.69, 9.17) is 10.8 Å². The average Bonchev–Trinajstić information content (AvgIpc) is 2.66. The molecule has 0 bridgehead atoms. The van der Waals surface area contributed by atoms with Crippen LogP contribution in [0.15, 0.2) is 0 Å². The molecule has 6 atom stereocenters. The van der Waals surface area contributed by atoms with E-state index in [2.05, 4.69) is 16.0 Å². The first-order valence-electron chi connectivity index (χ1n) is 10.0. The van der Waals surface area contributed by atoms with E-state index in [0.29, 0.717) is 6.42 Å². The Morgan fingerprint density at radius 2 is 1.40 bits per heavy atom. The van der Waals surface area contributed by atoms with E-state index in [9.17, 15) is 29.4 Å². The molecular weight excluding hydrogens is 396 g/mol. The van der Waals surface area contributed by atoms with Gasteiger partial charge in [-0.3, -0.25) is 14.4 Å². The third kappa shape index (κ3) is 9.06. The molecule has 0 saturated heterocycles. The fourth-order valence-electron chi connectivity index (χ4n) is 2.65. The van der Waals surface area contributed by atoms with Crippen LogP contribution in [0.3, 0.4) is 0 Å². The molecule has 0 saturated carbocycles. The van der Waals surface area contributed by atoms with Crippen LogP contribution in [0, 0.1) is 11.8 Å². The molecule has 11 heteroatoms. The molecule has 0 aliphatic carbocycles. The van der Waals surface area contributed by atoms with Gasteiger partial charge < -0.3 is 37.0 Å². The van der Waals surface area contributed by atoms with E-state index >= 15 is 0 Å². The Hall–Kier alpha value is -2.24. The fraction of sp³-hybridized carbons (Fsp3) is 0.789. The second-order valence-corrected chi connectivity index (χ2v) is 7.92. The van der Waals surface area contributed by atoms with E-state index < -0.39 is 60.6 Å². The van der Waals surface area contributed by atoms with Gasteiger partial charge in [0, 0.05) is 0 Å². The minimum Gasteiger partial charge on any atom is -0.480 e. The topological polar surface area (TPSA) is 191 Å². The van der Waals surface area contributed by atoms with Crippen molar-refractivity contribution in [1.29, 1.82) is 0 Å². The predicted octanol–water partition coefficient (Wildman–Crippen LogP) is -1.68. The Morgan fingerprint density at radius 1 is 0.900 bits per heavy atom. The minimum absolute atomic E-state index is 0.0219. The normalized spacial score (nSPS) is 17.2. The van der Waals surface area contributed by atoms with Gasteiger partial charge in [-0.15, -0.1) is 0 Å². The number of amides is 3. The van der Waals surface area contributed by atoms with E-state index in [1.165, 1.54) is 6.92 Å². The number of aliphatic hydroxyl groups is 2. The van der Waals surface area contributed by atoms with Crippen LogP contribution in [-0.4, -0.2) is 75.9 Å². The average molecular weight is 433 g/mol. The molecule has 174 valence electrons. The van der Waals surface area contributed by atoms with Gasteiger partial charge in [-0.2, -0.15) is 0 Å². The number of nitrogens with two attached hydrogens (primary N) is 1.